The van der Waals surface area contributed by atoms with Crippen molar-refractivity contribution < 1.29 is 23.7 Å². The number of benzene rings is 1. The number of aromatic hydroxyl groups is 1. The van der Waals surface area contributed by atoms with Gasteiger partial charge in [0.15, 0.2) is 0 Å². The Kier molecular flexibility index (Phi) is 9.53. The van der Waals surface area contributed by atoms with E-state index in [-0.39, 0.29) is 12.4 Å². The molecule has 0 fully saturated rings. The molecule has 0 heterocycles. The molecule has 1 rings (SSSR count). The summed E-state index contributed by atoms with van der Waals surface area (Å²) in [4.78, 5) is 12.7. The van der Waals surface area contributed by atoms with E-state index in [1.807, 2.05) is 13.8 Å². The molecule has 0 unspecified atom stereocenters. The number of carbonyl (C=O) groups excluding carboxylic acids is 1. The van der Waals surface area contributed by atoms with E-state index in [0.717, 1.165) is 17.1 Å². The first-order valence-electron chi connectivity index (χ1n) is 7.87. The highest BCUT2D eigenvalue weighted by Crippen LogP contribution is 2.64. The number of anilines is 1. The van der Waals surface area contributed by atoms with Gasteiger partial charge in [0.1, 0.15) is 10.7 Å². The fraction of sp³-hybridized carbons (Fsp3) is 0.438. The zero-order chi connectivity index (χ0) is 18.9. The largest absolute Gasteiger partial charge is 0.508 e. The van der Waals surface area contributed by atoms with E-state index >= 15 is 0 Å². The van der Waals surface area contributed by atoms with Gasteiger partial charge in [0.2, 0.25) is 0 Å². The van der Waals surface area contributed by atoms with Crippen LogP contribution in [0.3, 0.4) is 0 Å². The van der Waals surface area contributed by atoms with Crippen molar-refractivity contribution in [1.29, 1.82) is 0 Å². The smallest absolute Gasteiger partial charge is 0.346 e. The summed E-state index contributed by atoms with van der Waals surface area (Å²) in [5.41, 5.74) is -1.42. The van der Waals surface area contributed by atoms with Gasteiger partial charge in [0.05, 0.1) is 19.8 Å². The summed E-state index contributed by atoms with van der Waals surface area (Å²) >= 11 is 6.60. The Bertz CT molecular complexity index is 638. The van der Waals surface area contributed by atoms with E-state index < -0.39 is 11.7 Å². The number of rotatable bonds is 10. The normalized spacial score (nSPS) is 12.5. The lowest BCUT2D eigenvalue weighted by Crippen LogP contribution is -2.11. The van der Waals surface area contributed by atoms with Crippen LogP contribution in [-0.2, 0) is 30.4 Å². The number of carbonyl (C=O) groups is 1. The second-order valence-corrected chi connectivity index (χ2v) is 10.8. The van der Waals surface area contributed by atoms with Crippen LogP contribution in [0, 0.1) is 0 Å². The summed E-state index contributed by atoms with van der Waals surface area (Å²) in [5, 5.41) is 12.5. The van der Waals surface area contributed by atoms with E-state index in [4.69, 9.17) is 25.6 Å². The van der Waals surface area contributed by atoms with Gasteiger partial charge in [-0.1, -0.05) is 0 Å². The van der Waals surface area contributed by atoms with Crippen LogP contribution in [0.4, 0.5) is 5.69 Å². The standard InChI is InChI=1S/C16H24NO5PS2/c1-5-20-16(19)15(25-23(24,21-6-2)22-7-3)12(4)17-13-8-10-14(18)11-9-13/h8-11,17-18H,5-7H2,1-4H3/b15-12-. The topological polar surface area (TPSA) is 77.0 Å². The third-order valence-electron chi connectivity index (χ3n) is 2.78. The van der Waals surface area contributed by atoms with Crippen molar-refractivity contribution in [3.63, 3.8) is 0 Å². The Balaban J connectivity index is 3.14. The van der Waals surface area contributed by atoms with Crippen LogP contribution < -0.4 is 5.32 Å². The third kappa shape index (κ3) is 7.38. The second kappa shape index (κ2) is 10.8. The van der Waals surface area contributed by atoms with Gasteiger partial charge in [-0.2, -0.15) is 0 Å². The predicted octanol–water partition coefficient (Wildman–Crippen LogP) is 4.63. The van der Waals surface area contributed by atoms with E-state index in [1.165, 1.54) is 0 Å². The Morgan fingerprint density at radius 2 is 1.72 bits per heavy atom. The molecule has 140 valence electrons. The molecule has 9 heteroatoms. The van der Waals surface area contributed by atoms with E-state index in [0.29, 0.717) is 23.8 Å². The minimum Gasteiger partial charge on any atom is -0.508 e. The van der Waals surface area contributed by atoms with Crippen molar-refractivity contribution in [3.05, 3.63) is 34.9 Å². The highest BCUT2D eigenvalue weighted by atomic mass is 32.9. The lowest BCUT2D eigenvalue weighted by atomic mass is 10.3. The summed E-state index contributed by atoms with van der Waals surface area (Å²) < 4.78 is 16.4. The summed E-state index contributed by atoms with van der Waals surface area (Å²) in [5.74, 6) is -0.319. The molecule has 0 spiro atoms. The van der Waals surface area contributed by atoms with Gasteiger partial charge in [-0.3, -0.25) is 0 Å². The van der Waals surface area contributed by atoms with Crippen molar-refractivity contribution in [3.8, 4) is 5.75 Å². The lowest BCUT2D eigenvalue weighted by molar-refractivity contribution is -0.137. The minimum atomic E-state index is -2.71. The van der Waals surface area contributed by atoms with Crippen LogP contribution in [0.2, 0.25) is 0 Å². The van der Waals surface area contributed by atoms with Crippen molar-refractivity contribution in [1.82, 2.24) is 0 Å². The quantitative estimate of drug-likeness (QED) is 0.253. The first-order chi connectivity index (χ1) is 11.8. The summed E-state index contributed by atoms with van der Waals surface area (Å²) in [6, 6.07) is 6.51. The highest BCUT2D eigenvalue weighted by molar-refractivity contribution is 8.69. The first-order valence-corrected chi connectivity index (χ1v) is 11.9. The number of esters is 1. The monoisotopic (exact) mass is 405 g/mol. The number of allylic oxidation sites excluding steroid dienone is 1. The predicted molar refractivity (Wildman–Crippen MR) is 106 cm³/mol. The molecular weight excluding hydrogens is 381 g/mol. The van der Waals surface area contributed by atoms with Crippen molar-refractivity contribution in [2.24, 2.45) is 0 Å². The van der Waals surface area contributed by atoms with Crippen molar-refractivity contribution in [2.75, 3.05) is 25.1 Å². The first kappa shape index (κ1) is 22.0. The number of hydrogen-bond acceptors (Lipinski definition) is 8. The Morgan fingerprint density at radius 3 is 2.20 bits per heavy atom. The third-order valence-corrected chi connectivity index (χ3v) is 7.96. The van der Waals surface area contributed by atoms with Crippen LogP contribution in [0.25, 0.3) is 0 Å². The summed E-state index contributed by atoms with van der Waals surface area (Å²) in [7, 11) is 0. The molecule has 0 aliphatic rings. The van der Waals surface area contributed by atoms with E-state index in [1.54, 1.807) is 38.1 Å². The minimum absolute atomic E-state index is 0.162. The number of hydrogen-bond donors (Lipinski definition) is 2. The van der Waals surface area contributed by atoms with Crippen molar-refractivity contribution >= 4 is 40.5 Å². The van der Waals surface area contributed by atoms with Gasteiger partial charge in [-0.05, 0) is 75.1 Å². The van der Waals surface area contributed by atoms with Gasteiger partial charge in [0, 0.05) is 11.4 Å². The van der Waals surface area contributed by atoms with Crippen molar-refractivity contribution in [2.45, 2.75) is 27.7 Å². The average Bonchev–Trinajstić information content (AvgIpc) is 2.55. The molecule has 0 aromatic heterocycles. The van der Waals surface area contributed by atoms with E-state index in [9.17, 15) is 9.90 Å². The molecule has 6 nitrogen and oxygen atoms in total. The molecule has 0 saturated heterocycles. The molecular formula is C16H24NO5PS2. The molecule has 1 aromatic carbocycles. The van der Waals surface area contributed by atoms with E-state index in [2.05, 4.69) is 5.32 Å². The van der Waals surface area contributed by atoms with Crippen LogP contribution >= 0.6 is 17.1 Å². The molecule has 0 atom stereocenters. The van der Waals surface area contributed by atoms with Crippen LogP contribution in [0.1, 0.15) is 27.7 Å². The number of phenols is 1. The fourth-order valence-corrected chi connectivity index (χ4v) is 6.71. The number of ether oxygens (including phenoxy) is 1. The zero-order valence-electron chi connectivity index (χ0n) is 14.8. The molecule has 25 heavy (non-hydrogen) atoms. The molecule has 0 bridgehead atoms. The zero-order valence-corrected chi connectivity index (χ0v) is 17.3. The van der Waals surface area contributed by atoms with Crippen LogP contribution in [0.5, 0.6) is 5.75 Å². The summed E-state index contributed by atoms with van der Waals surface area (Å²) in [6.45, 7) is 8.19. The number of phenolic OH excluding ortho intramolecular Hbond substituents is 1. The van der Waals surface area contributed by atoms with Gasteiger partial charge < -0.3 is 24.2 Å². The second-order valence-electron chi connectivity index (χ2n) is 4.72. The summed E-state index contributed by atoms with van der Waals surface area (Å²) in [6.07, 6.45) is 0. The fourth-order valence-electron chi connectivity index (χ4n) is 1.79. The molecule has 0 amide bonds. The highest BCUT2D eigenvalue weighted by Gasteiger charge is 2.27. The molecule has 0 aliphatic carbocycles. The maximum atomic E-state index is 12.4. The molecule has 0 aliphatic heterocycles. The van der Waals surface area contributed by atoms with Crippen LogP contribution in [0.15, 0.2) is 34.9 Å². The molecule has 2 N–H and O–H groups in total. The van der Waals surface area contributed by atoms with Gasteiger partial charge in [0.25, 0.3) is 5.69 Å². The SMILES string of the molecule is CCOC(=O)/C(SP(=S)(OCC)OCC)=C(\C)Nc1ccc(O)cc1. The number of nitrogens with one attached hydrogen (secondary N) is 1. The Hall–Kier alpha value is -1.05. The Labute approximate surface area is 157 Å². The maximum absolute atomic E-state index is 12.4. The van der Waals surface area contributed by atoms with Gasteiger partial charge in [-0.15, -0.1) is 0 Å². The molecule has 0 saturated carbocycles. The molecule has 1 aromatic rings. The maximum Gasteiger partial charge on any atom is 0.346 e. The molecule has 0 radical (unpaired) electrons. The van der Waals surface area contributed by atoms with Gasteiger partial charge >= 0.3 is 5.97 Å². The lowest BCUT2D eigenvalue weighted by Gasteiger charge is -2.22. The van der Waals surface area contributed by atoms with Gasteiger partial charge in [-0.25, -0.2) is 4.79 Å². The van der Waals surface area contributed by atoms with Crippen LogP contribution in [-0.4, -0.2) is 30.9 Å². The Morgan fingerprint density at radius 1 is 1.16 bits per heavy atom. The average molecular weight is 405 g/mol.